The number of thiazole rings is 1. The highest BCUT2D eigenvalue weighted by Gasteiger charge is 2.12. The number of carbonyl (C=O) groups is 2. The molecule has 1 heterocycles. The molecule has 0 radical (unpaired) electrons. The van der Waals surface area contributed by atoms with Crippen LogP contribution in [0.4, 0.5) is 5.69 Å². The van der Waals surface area contributed by atoms with E-state index in [0.29, 0.717) is 22.0 Å². The minimum absolute atomic E-state index is 0.120. The van der Waals surface area contributed by atoms with Gasteiger partial charge in [0, 0.05) is 11.1 Å². The van der Waals surface area contributed by atoms with Crippen molar-refractivity contribution in [2.24, 2.45) is 5.73 Å². The Balaban J connectivity index is 1.58. The highest BCUT2D eigenvalue weighted by molar-refractivity contribution is 7.09. The molecule has 7 heteroatoms. The average molecular weight is 381 g/mol. The van der Waals surface area contributed by atoms with Gasteiger partial charge in [-0.2, -0.15) is 0 Å². The maximum Gasteiger partial charge on any atom is 0.252 e. The van der Waals surface area contributed by atoms with E-state index in [0.717, 1.165) is 11.3 Å². The van der Waals surface area contributed by atoms with E-state index in [1.807, 2.05) is 36.6 Å². The van der Waals surface area contributed by atoms with E-state index in [1.165, 1.54) is 11.3 Å². The molecule has 0 unspecified atom stereocenters. The number of rotatable bonds is 7. The Morgan fingerprint density at radius 1 is 1.15 bits per heavy atom. The van der Waals surface area contributed by atoms with Crippen LogP contribution in [0.3, 0.4) is 0 Å². The van der Waals surface area contributed by atoms with E-state index in [2.05, 4.69) is 10.3 Å². The summed E-state index contributed by atoms with van der Waals surface area (Å²) in [5, 5.41) is 5.42. The maximum atomic E-state index is 12.2. The average Bonchev–Trinajstić information content (AvgIpc) is 3.09. The van der Waals surface area contributed by atoms with E-state index >= 15 is 0 Å². The van der Waals surface area contributed by atoms with Crippen LogP contribution < -0.4 is 15.8 Å². The Morgan fingerprint density at radius 2 is 1.89 bits per heavy atom. The summed E-state index contributed by atoms with van der Waals surface area (Å²) in [5.74, 6) is -0.250. The fourth-order valence-electron chi connectivity index (χ4n) is 2.49. The number of aromatic nitrogens is 1. The Bertz CT molecular complexity index is 968. The Kier molecular flexibility index (Phi) is 5.83. The number of nitrogens with two attached hydrogens (primary N) is 1. The summed E-state index contributed by atoms with van der Waals surface area (Å²) in [6.45, 7) is 2.14. The van der Waals surface area contributed by atoms with Crippen molar-refractivity contribution in [3.63, 3.8) is 0 Å². The number of hydrogen-bond donors (Lipinski definition) is 2. The van der Waals surface area contributed by atoms with Crippen LogP contribution >= 0.6 is 11.3 Å². The molecule has 1 aromatic heterocycles. The molecule has 3 rings (SSSR count). The van der Waals surface area contributed by atoms with Crippen LogP contribution in [0.5, 0.6) is 5.75 Å². The van der Waals surface area contributed by atoms with Crippen molar-refractivity contribution in [1.82, 2.24) is 4.98 Å². The number of nitrogens with one attached hydrogen (secondary N) is 1. The number of nitrogens with zero attached hydrogens (tertiary/aromatic N) is 1. The highest BCUT2D eigenvalue weighted by Crippen LogP contribution is 2.20. The molecule has 0 fully saturated rings. The van der Waals surface area contributed by atoms with E-state index in [1.54, 1.807) is 24.3 Å². The lowest BCUT2D eigenvalue weighted by Gasteiger charge is -2.08. The minimum Gasteiger partial charge on any atom is -0.486 e. The van der Waals surface area contributed by atoms with Gasteiger partial charge in [-0.05, 0) is 30.7 Å². The van der Waals surface area contributed by atoms with Crippen LogP contribution in [-0.4, -0.2) is 16.8 Å². The molecule has 0 aliphatic carbocycles. The molecule has 3 N–H and O–H groups in total. The first kappa shape index (κ1) is 18.6. The molecule has 138 valence electrons. The second kappa shape index (κ2) is 8.46. The Morgan fingerprint density at radius 3 is 2.67 bits per heavy atom. The standard InChI is InChI=1S/C20H19N3O3S/c1-13-6-2-4-8-16(13)23-18(24)10-19-22-14(12-27-19)11-26-17-9-5-3-7-15(17)20(21)25/h2-9,12H,10-11H2,1H3,(H2,21,25)(H,23,24). The van der Waals surface area contributed by atoms with Crippen LogP contribution in [-0.2, 0) is 17.8 Å². The third kappa shape index (κ3) is 4.92. The van der Waals surface area contributed by atoms with E-state index in [9.17, 15) is 9.59 Å². The lowest BCUT2D eigenvalue weighted by molar-refractivity contribution is -0.115. The summed E-state index contributed by atoms with van der Waals surface area (Å²) in [6, 6.07) is 14.4. The SMILES string of the molecule is Cc1ccccc1NC(=O)Cc1nc(COc2ccccc2C(N)=O)cs1. The topological polar surface area (TPSA) is 94.3 Å². The molecule has 0 saturated heterocycles. The fraction of sp³-hybridized carbons (Fsp3) is 0.150. The van der Waals surface area contributed by atoms with E-state index in [-0.39, 0.29) is 18.9 Å². The summed E-state index contributed by atoms with van der Waals surface area (Å²) >= 11 is 1.39. The van der Waals surface area contributed by atoms with Crippen LogP contribution in [0.25, 0.3) is 0 Å². The number of aryl methyl sites for hydroxylation is 1. The van der Waals surface area contributed by atoms with Gasteiger partial charge in [0.15, 0.2) is 0 Å². The zero-order valence-corrected chi connectivity index (χ0v) is 15.6. The van der Waals surface area contributed by atoms with Gasteiger partial charge in [-0.1, -0.05) is 30.3 Å². The molecule has 0 spiro atoms. The maximum absolute atomic E-state index is 12.2. The minimum atomic E-state index is -0.544. The summed E-state index contributed by atoms with van der Waals surface area (Å²) in [6.07, 6.45) is 0.191. The highest BCUT2D eigenvalue weighted by atomic mass is 32.1. The second-order valence-electron chi connectivity index (χ2n) is 5.92. The van der Waals surface area contributed by atoms with Crippen molar-refractivity contribution in [3.8, 4) is 5.75 Å². The molecule has 0 saturated carbocycles. The summed E-state index contributed by atoms with van der Waals surface area (Å²) in [4.78, 5) is 28.1. The number of carbonyl (C=O) groups excluding carboxylic acids is 2. The number of ether oxygens (including phenoxy) is 1. The molecule has 27 heavy (non-hydrogen) atoms. The summed E-state index contributed by atoms with van der Waals surface area (Å²) in [5.41, 5.74) is 8.16. The van der Waals surface area contributed by atoms with Crippen LogP contribution in [0.2, 0.25) is 0 Å². The van der Waals surface area contributed by atoms with Gasteiger partial charge in [-0.25, -0.2) is 4.98 Å². The predicted molar refractivity (Wildman–Crippen MR) is 105 cm³/mol. The molecule has 0 aliphatic rings. The zero-order valence-electron chi connectivity index (χ0n) is 14.8. The molecule has 6 nitrogen and oxygen atoms in total. The molecule has 0 aliphatic heterocycles. The Hall–Kier alpha value is -3.19. The van der Waals surface area contributed by atoms with Crippen molar-refractivity contribution < 1.29 is 14.3 Å². The summed E-state index contributed by atoms with van der Waals surface area (Å²) in [7, 11) is 0. The molecule has 0 bridgehead atoms. The van der Waals surface area contributed by atoms with Crippen molar-refractivity contribution >= 4 is 28.8 Å². The number of primary amides is 1. The van der Waals surface area contributed by atoms with Crippen molar-refractivity contribution in [2.45, 2.75) is 20.0 Å². The molecule has 3 aromatic rings. The number of amides is 2. The molecular formula is C20H19N3O3S. The third-order valence-electron chi connectivity index (χ3n) is 3.86. The number of benzene rings is 2. The monoisotopic (exact) mass is 381 g/mol. The van der Waals surface area contributed by atoms with Crippen molar-refractivity contribution in [2.75, 3.05) is 5.32 Å². The fourth-order valence-corrected chi connectivity index (χ4v) is 3.27. The quantitative estimate of drug-likeness (QED) is 0.656. The predicted octanol–water partition coefficient (Wildman–Crippen LogP) is 3.31. The second-order valence-corrected chi connectivity index (χ2v) is 6.86. The van der Waals surface area contributed by atoms with Gasteiger partial charge in [0.05, 0.1) is 17.7 Å². The number of hydrogen-bond acceptors (Lipinski definition) is 5. The lowest BCUT2D eigenvalue weighted by atomic mass is 10.2. The van der Waals surface area contributed by atoms with E-state index < -0.39 is 5.91 Å². The van der Waals surface area contributed by atoms with Crippen LogP contribution in [0, 0.1) is 6.92 Å². The van der Waals surface area contributed by atoms with Crippen LogP contribution in [0.15, 0.2) is 53.9 Å². The first-order valence-corrected chi connectivity index (χ1v) is 9.21. The third-order valence-corrected chi connectivity index (χ3v) is 4.76. The van der Waals surface area contributed by atoms with Gasteiger partial charge in [0.2, 0.25) is 5.91 Å². The van der Waals surface area contributed by atoms with Gasteiger partial charge in [0.1, 0.15) is 17.4 Å². The molecular weight excluding hydrogens is 362 g/mol. The van der Waals surface area contributed by atoms with Gasteiger partial charge < -0.3 is 15.8 Å². The van der Waals surface area contributed by atoms with Crippen molar-refractivity contribution in [3.05, 3.63) is 75.7 Å². The van der Waals surface area contributed by atoms with Gasteiger partial charge in [-0.3, -0.25) is 9.59 Å². The largest absolute Gasteiger partial charge is 0.486 e. The van der Waals surface area contributed by atoms with Gasteiger partial charge in [0.25, 0.3) is 5.91 Å². The number of para-hydroxylation sites is 2. The normalized spacial score (nSPS) is 10.4. The van der Waals surface area contributed by atoms with Gasteiger partial charge >= 0.3 is 0 Å². The lowest BCUT2D eigenvalue weighted by Crippen LogP contribution is -2.15. The first-order valence-electron chi connectivity index (χ1n) is 8.33. The van der Waals surface area contributed by atoms with Crippen LogP contribution in [0.1, 0.15) is 26.6 Å². The van der Waals surface area contributed by atoms with Gasteiger partial charge in [-0.15, -0.1) is 11.3 Å². The molecule has 2 aromatic carbocycles. The zero-order chi connectivity index (χ0) is 19.2. The molecule has 0 atom stereocenters. The Labute approximate surface area is 161 Å². The van der Waals surface area contributed by atoms with E-state index in [4.69, 9.17) is 10.5 Å². The first-order chi connectivity index (χ1) is 13.0. The summed E-state index contributed by atoms with van der Waals surface area (Å²) < 4.78 is 5.66. The number of anilines is 1. The van der Waals surface area contributed by atoms with Crippen molar-refractivity contribution in [1.29, 1.82) is 0 Å². The smallest absolute Gasteiger partial charge is 0.252 e. The molecule has 2 amide bonds.